The first-order valence-electron chi connectivity index (χ1n) is 7.21. The summed E-state index contributed by atoms with van der Waals surface area (Å²) in [4.78, 5) is 21.5. The number of aromatic nitrogens is 2. The molecule has 2 rings (SSSR count). The molecule has 0 fully saturated rings. The smallest absolute Gasteiger partial charge is 0.233 e. The molecule has 1 N–H and O–H groups in total. The first-order chi connectivity index (χ1) is 10.2. The largest absolute Gasteiger partial charge is 0.494 e. The Balaban J connectivity index is 2.04. The maximum atomic E-state index is 12.0. The molecule has 1 amide bonds. The number of carbonyl (C=O) groups excluding carboxylic acids is 1. The molecule has 2 aromatic rings. The monoisotopic (exact) mass is 307 g/mol. The van der Waals surface area contributed by atoms with Gasteiger partial charge in [0.25, 0.3) is 0 Å². The molecule has 0 aliphatic carbocycles. The van der Waals surface area contributed by atoms with Gasteiger partial charge in [-0.25, -0.2) is 4.98 Å². The molecule has 6 heteroatoms. The van der Waals surface area contributed by atoms with E-state index in [2.05, 4.69) is 9.97 Å². The summed E-state index contributed by atoms with van der Waals surface area (Å²) < 4.78 is 5.47. The number of fused-ring (bicyclic) bond motifs is 1. The van der Waals surface area contributed by atoms with E-state index in [4.69, 9.17) is 4.74 Å². The third kappa shape index (κ3) is 3.91. The van der Waals surface area contributed by atoms with Crippen molar-refractivity contribution >= 4 is 28.7 Å². The summed E-state index contributed by atoms with van der Waals surface area (Å²) >= 11 is 1.43. The van der Waals surface area contributed by atoms with E-state index in [-0.39, 0.29) is 5.91 Å². The number of hydrogen-bond donors (Lipinski definition) is 1. The van der Waals surface area contributed by atoms with Crippen LogP contribution in [-0.2, 0) is 4.79 Å². The molecule has 0 bridgehead atoms. The van der Waals surface area contributed by atoms with E-state index in [9.17, 15) is 4.79 Å². The van der Waals surface area contributed by atoms with Crippen LogP contribution in [0.2, 0.25) is 0 Å². The van der Waals surface area contributed by atoms with Crippen LogP contribution >= 0.6 is 11.8 Å². The van der Waals surface area contributed by atoms with E-state index in [0.717, 1.165) is 35.0 Å². The Hall–Kier alpha value is -1.69. The van der Waals surface area contributed by atoms with Gasteiger partial charge in [-0.05, 0) is 32.9 Å². The fourth-order valence-corrected chi connectivity index (χ4v) is 2.88. The number of H-pyrrole nitrogens is 1. The van der Waals surface area contributed by atoms with Gasteiger partial charge in [-0.1, -0.05) is 11.8 Å². The Morgan fingerprint density at radius 3 is 2.76 bits per heavy atom. The minimum absolute atomic E-state index is 0.139. The Labute approximate surface area is 129 Å². The van der Waals surface area contributed by atoms with E-state index in [1.54, 1.807) is 0 Å². The van der Waals surface area contributed by atoms with Crippen molar-refractivity contribution in [2.75, 3.05) is 25.4 Å². The highest BCUT2D eigenvalue weighted by molar-refractivity contribution is 7.99. The van der Waals surface area contributed by atoms with E-state index in [1.807, 2.05) is 43.9 Å². The van der Waals surface area contributed by atoms with Crippen LogP contribution in [0.4, 0.5) is 0 Å². The second-order valence-electron chi connectivity index (χ2n) is 4.51. The SMILES string of the molecule is CCOc1ccc2nc(SCC(=O)N(CC)CC)[nH]c2c1. The average molecular weight is 307 g/mol. The number of aromatic amines is 1. The fourth-order valence-electron chi connectivity index (χ4n) is 2.09. The minimum atomic E-state index is 0.139. The maximum Gasteiger partial charge on any atom is 0.233 e. The van der Waals surface area contributed by atoms with E-state index >= 15 is 0 Å². The number of rotatable bonds is 7. The number of nitrogens with one attached hydrogen (secondary N) is 1. The molecule has 0 saturated heterocycles. The summed E-state index contributed by atoms with van der Waals surface area (Å²) in [5.41, 5.74) is 1.81. The van der Waals surface area contributed by atoms with Crippen LogP contribution in [0.3, 0.4) is 0 Å². The van der Waals surface area contributed by atoms with Crippen LogP contribution in [0.25, 0.3) is 11.0 Å². The van der Waals surface area contributed by atoms with Gasteiger partial charge in [0, 0.05) is 19.2 Å². The number of hydrogen-bond acceptors (Lipinski definition) is 4. The third-order valence-electron chi connectivity index (χ3n) is 3.19. The predicted molar refractivity (Wildman–Crippen MR) is 85.9 cm³/mol. The van der Waals surface area contributed by atoms with Crippen molar-refractivity contribution in [3.05, 3.63) is 18.2 Å². The van der Waals surface area contributed by atoms with Crippen LogP contribution in [0, 0.1) is 0 Å². The summed E-state index contributed by atoms with van der Waals surface area (Å²) in [6, 6.07) is 5.76. The van der Waals surface area contributed by atoms with Gasteiger partial charge >= 0.3 is 0 Å². The lowest BCUT2D eigenvalue weighted by Gasteiger charge is -2.17. The Morgan fingerprint density at radius 2 is 2.10 bits per heavy atom. The molecule has 0 atom stereocenters. The van der Waals surface area contributed by atoms with Gasteiger partial charge in [-0.15, -0.1) is 0 Å². The zero-order valence-electron chi connectivity index (χ0n) is 12.7. The lowest BCUT2D eigenvalue weighted by Crippen LogP contribution is -2.31. The second-order valence-corrected chi connectivity index (χ2v) is 5.47. The molecular weight excluding hydrogens is 286 g/mol. The van der Waals surface area contributed by atoms with Crippen LogP contribution < -0.4 is 4.74 Å². The molecule has 114 valence electrons. The lowest BCUT2D eigenvalue weighted by atomic mass is 10.3. The summed E-state index contributed by atoms with van der Waals surface area (Å²) in [7, 11) is 0. The molecule has 0 aliphatic rings. The molecule has 0 aliphatic heterocycles. The van der Waals surface area contributed by atoms with Gasteiger partial charge in [-0.2, -0.15) is 0 Å². The van der Waals surface area contributed by atoms with Gasteiger partial charge in [0.1, 0.15) is 5.75 Å². The van der Waals surface area contributed by atoms with Crippen molar-refractivity contribution in [3.63, 3.8) is 0 Å². The highest BCUT2D eigenvalue weighted by Crippen LogP contribution is 2.23. The first kappa shape index (κ1) is 15.7. The Kier molecular flexibility index (Phi) is 5.50. The topological polar surface area (TPSA) is 58.2 Å². The van der Waals surface area contributed by atoms with E-state index < -0.39 is 0 Å². The van der Waals surface area contributed by atoms with Crippen LogP contribution in [0.15, 0.2) is 23.4 Å². The van der Waals surface area contributed by atoms with Gasteiger partial charge in [0.2, 0.25) is 5.91 Å². The molecule has 5 nitrogen and oxygen atoms in total. The number of nitrogens with zero attached hydrogens (tertiary/aromatic N) is 2. The average Bonchev–Trinajstić information content (AvgIpc) is 2.89. The fraction of sp³-hybridized carbons (Fsp3) is 0.467. The van der Waals surface area contributed by atoms with Gasteiger partial charge in [0.05, 0.1) is 23.4 Å². The molecule has 0 unspecified atom stereocenters. The lowest BCUT2D eigenvalue weighted by molar-refractivity contribution is -0.127. The van der Waals surface area contributed by atoms with Crippen LogP contribution in [0.1, 0.15) is 20.8 Å². The Morgan fingerprint density at radius 1 is 1.33 bits per heavy atom. The van der Waals surface area contributed by atoms with Gasteiger partial charge in [0.15, 0.2) is 5.16 Å². The van der Waals surface area contributed by atoms with Crippen molar-refractivity contribution < 1.29 is 9.53 Å². The predicted octanol–water partition coefficient (Wildman–Crippen LogP) is 2.92. The normalized spacial score (nSPS) is 10.8. The molecule has 0 spiro atoms. The number of benzene rings is 1. The zero-order valence-corrected chi connectivity index (χ0v) is 13.5. The number of ether oxygens (including phenoxy) is 1. The summed E-state index contributed by atoms with van der Waals surface area (Å²) in [5.74, 6) is 1.37. The molecular formula is C15H21N3O2S. The Bertz CT molecular complexity index is 608. The van der Waals surface area contributed by atoms with Crippen molar-refractivity contribution in [3.8, 4) is 5.75 Å². The third-order valence-corrected chi connectivity index (χ3v) is 4.05. The molecule has 1 aromatic carbocycles. The minimum Gasteiger partial charge on any atom is -0.494 e. The summed E-state index contributed by atoms with van der Waals surface area (Å²) in [5, 5.41) is 0.763. The molecule has 1 heterocycles. The highest BCUT2D eigenvalue weighted by atomic mass is 32.2. The number of amides is 1. The number of imidazole rings is 1. The van der Waals surface area contributed by atoms with Crippen LogP contribution in [-0.4, -0.2) is 46.2 Å². The molecule has 21 heavy (non-hydrogen) atoms. The number of carbonyl (C=O) groups is 1. The first-order valence-corrected chi connectivity index (χ1v) is 8.19. The maximum absolute atomic E-state index is 12.0. The zero-order chi connectivity index (χ0) is 15.2. The van der Waals surface area contributed by atoms with Crippen LogP contribution in [0.5, 0.6) is 5.75 Å². The highest BCUT2D eigenvalue weighted by Gasteiger charge is 2.12. The van der Waals surface area contributed by atoms with Gasteiger partial charge in [-0.3, -0.25) is 4.79 Å². The standard InChI is InChI=1S/C15H21N3O2S/c1-4-18(5-2)14(19)10-21-15-16-12-8-7-11(20-6-3)9-13(12)17-15/h7-9H,4-6,10H2,1-3H3,(H,16,17). The van der Waals surface area contributed by atoms with Crippen molar-refractivity contribution in [1.29, 1.82) is 0 Å². The molecule has 1 aromatic heterocycles. The second kappa shape index (κ2) is 7.36. The summed E-state index contributed by atoms with van der Waals surface area (Å²) in [6.45, 7) is 8.06. The van der Waals surface area contributed by atoms with Crippen molar-refractivity contribution in [2.45, 2.75) is 25.9 Å². The number of thioether (sulfide) groups is 1. The quantitative estimate of drug-likeness (QED) is 0.799. The van der Waals surface area contributed by atoms with Crippen molar-refractivity contribution in [2.24, 2.45) is 0 Å². The van der Waals surface area contributed by atoms with Gasteiger partial charge < -0.3 is 14.6 Å². The van der Waals surface area contributed by atoms with E-state index in [0.29, 0.717) is 12.4 Å². The molecule has 0 saturated carbocycles. The summed E-state index contributed by atoms with van der Waals surface area (Å²) in [6.07, 6.45) is 0. The van der Waals surface area contributed by atoms with Crippen molar-refractivity contribution in [1.82, 2.24) is 14.9 Å². The van der Waals surface area contributed by atoms with E-state index in [1.165, 1.54) is 11.8 Å². The molecule has 0 radical (unpaired) electrons.